The normalized spacial score (nSPS) is 16.9. The molecule has 0 radical (unpaired) electrons. The lowest BCUT2D eigenvalue weighted by Crippen LogP contribution is -2.32. The van der Waals surface area contributed by atoms with Gasteiger partial charge in [0.2, 0.25) is 0 Å². The molecule has 1 aliphatic carbocycles. The topological polar surface area (TPSA) is 76.2 Å². The molecule has 14 heavy (non-hydrogen) atoms. The fraction of sp³-hybridized carbons (Fsp3) is 0.375. The third-order valence-electron chi connectivity index (χ3n) is 1.89. The molecular weight excluding hydrogens is 246 g/mol. The number of hydrazine groups is 1. The summed E-state index contributed by atoms with van der Waals surface area (Å²) in [7, 11) is 0. The molecular formula is C8H10BrN5. The van der Waals surface area contributed by atoms with Crippen LogP contribution < -0.4 is 11.3 Å². The Bertz CT molecular complexity index is 361. The van der Waals surface area contributed by atoms with Crippen LogP contribution in [-0.2, 0) is 0 Å². The molecule has 3 N–H and O–H groups in total. The molecule has 0 spiro atoms. The van der Waals surface area contributed by atoms with Crippen LogP contribution in [0, 0.1) is 0 Å². The second kappa shape index (κ2) is 4.02. The first-order valence-electron chi connectivity index (χ1n) is 4.31. The molecule has 1 fully saturated rings. The zero-order valence-electron chi connectivity index (χ0n) is 7.44. The smallest absolute Gasteiger partial charge is 0.163 e. The van der Waals surface area contributed by atoms with E-state index in [-0.39, 0.29) is 0 Å². The Kier molecular flexibility index (Phi) is 2.74. The average molecular weight is 256 g/mol. The first-order valence-corrected chi connectivity index (χ1v) is 5.11. The highest BCUT2D eigenvalue weighted by Gasteiger charge is 2.22. The van der Waals surface area contributed by atoms with Crippen molar-refractivity contribution in [3.05, 3.63) is 22.7 Å². The predicted octanol–water partition coefficient (Wildman–Crippen LogP) is 0.611. The number of nitrogens with one attached hydrogen (secondary N) is 1. The SMILES string of the molecule is NNC(=NC1CC1)c1ncncc1Br. The predicted molar refractivity (Wildman–Crippen MR) is 56.6 cm³/mol. The number of aromatic nitrogens is 2. The van der Waals surface area contributed by atoms with E-state index in [9.17, 15) is 0 Å². The van der Waals surface area contributed by atoms with Gasteiger partial charge in [0, 0.05) is 6.20 Å². The van der Waals surface area contributed by atoms with Crippen molar-refractivity contribution >= 4 is 21.8 Å². The fourth-order valence-electron chi connectivity index (χ4n) is 1.04. The summed E-state index contributed by atoms with van der Waals surface area (Å²) < 4.78 is 0.789. The minimum Gasteiger partial charge on any atom is -0.307 e. The second-order valence-electron chi connectivity index (χ2n) is 3.07. The Morgan fingerprint density at radius 1 is 1.64 bits per heavy atom. The molecule has 1 aromatic rings. The summed E-state index contributed by atoms with van der Waals surface area (Å²) in [5.41, 5.74) is 3.26. The van der Waals surface area contributed by atoms with Crippen molar-refractivity contribution in [1.29, 1.82) is 0 Å². The minimum absolute atomic E-state index is 0.405. The molecule has 74 valence electrons. The van der Waals surface area contributed by atoms with Gasteiger partial charge in [0.05, 0.1) is 10.5 Å². The second-order valence-corrected chi connectivity index (χ2v) is 3.93. The Hall–Kier alpha value is -1.01. The Morgan fingerprint density at radius 3 is 3.00 bits per heavy atom. The van der Waals surface area contributed by atoms with Gasteiger partial charge in [-0.2, -0.15) is 0 Å². The number of nitrogens with two attached hydrogens (primary N) is 1. The molecule has 1 aliphatic rings. The number of nitrogens with zero attached hydrogens (tertiary/aromatic N) is 3. The van der Waals surface area contributed by atoms with Gasteiger partial charge in [-0.15, -0.1) is 0 Å². The summed E-state index contributed by atoms with van der Waals surface area (Å²) in [5, 5.41) is 0. The van der Waals surface area contributed by atoms with E-state index in [0.717, 1.165) is 17.3 Å². The zero-order valence-corrected chi connectivity index (χ0v) is 9.03. The summed E-state index contributed by atoms with van der Waals surface area (Å²) in [4.78, 5) is 12.4. The lowest BCUT2D eigenvalue weighted by molar-refractivity contribution is 0.955. The van der Waals surface area contributed by atoms with E-state index < -0.39 is 0 Å². The molecule has 2 rings (SSSR count). The van der Waals surface area contributed by atoms with Crippen LogP contribution in [0.2, 0.25) is 0 Å². The van der Waals surface area contributed by atoms with Crippen molar-refractivity contribution in [3.63, 3.8) is 0 Å². The maximum atomic E-state index is 5.39. The fourth-order valence-corrected chi connectivity index (χ4v) is 1.45. The minimum atomic E-state index is 0.405. The number of amidine groups is 1. The maximum Gasteiger partial charge on any atom is 0.163 e. The molecule has 0 aliphatic heterocycles. The molecule has 6 heteroatoms. The Morgan fingerprint density at radius 2 is 2.43 bits per heavy atom. The van der Waals surface area contributed by atoms with Gasteiger partial charge in [-0.3, -0.25) is 4.99 Å². The molecule has 0 bridgehead atoms. The van der Waals surface area contributed by atoms with E-state index in [1.165, 1.54) is 6.33 Å². The van der Waals surface area contributed by atoms with E-state index >= 15 is 0 Å². The molecule has 1 heterocycles. The van der Waals surface area contributed by atoms with Crippen LogP contribution in [0.15, 0.2) is 22.0 Å². The van der Waals surface area contributed by atoms with Crippen molar-refractivity contribution in [2.75, 3.05) is 0 Å². The van der Waals surface area contributed by atoms with Gasteiger partial charge in [-0.05, 0) is 28.8 Å². The number of rotatable bonds is 2. The Balaban J connectivity index is 2.30. The van der Waals surface area contributed by atoms with E-state index in [0.29, 0.717) is 17.6 Å². The molecule has 0 aromatic carbocycles. The van der Waals surface area contributed by atoms with Crippen LogP contribution >= 0.6 is 15.9 Å². The molecule has 1 aromatic heterocycles. The van der Waals surface area contributed by atoms with Crippen molar-refractivity contribution < 1.29 is 0 Å². The van der Waals surface area contributed by atoms with Gasteiger partial charge >= 0.3 is 0 Å². The van der Waals surface area contributed by atoms with Crippen LogP contribution in [0.4, 0.5) is 0 Å². The average Bonchev–Trinajstić information content (AvgIpc) is 2.99. The van der Waals surface area contributed by atoms with Crippen molar-refractivity contribution in [3.8, 4) is 0 Å². The number of halogens is 1. The van der Waals surface area contributed by atoms with Gasteiger partial charge in [0.25, 0.3) is 0 Å². The van der Waals surface area contributed by atoms with Crippen LogP contribution in [-0.4, -0.2) is 21.8 Å². The van der Waals surface area contributed by atoms with E-state index in [1.807, 2.05) is 0 Å². The van der Waals surface area contributed by atoms with Crippen LogP contribution in [0.1, 0.15) is 18.5 Å². The lowest BCUT2D eigenvalue weighted by atomic mass is 10.4. The number of aliphatic imine (C=N–C) groups is 1. The highest BCUT2D eigenvalue weighted by atomic mass is 79.9. The quantitative estimate of drug-likeness (QED) is 0.352. The highest BCUT2D eigenvalue weighted by Crippen LogP contribution is 2.24. The van der Waals surface area contributed by atoms with Crippen LogP contribution in [0.3, 0.4) is 0 Å². The zero-order chi connectivity index (χ0) is 9.97. The molecule has 1 saturated carbocycles. The monoisotopic (exact) mass is 255 g/mol. The molecule has 5 nitrogen and oxygen atoms in total. The van der Waals surface area contributed by atoms with Crippen LogP contribution in [0.25, 0.3) is 0 Å². The van der Waals surface area contributed by atoms with Gasteiger partial charge in [0.1, 0.15) is 12.0 Å². The first-order chi connectivity index (χ1) is 6.81. The summed E-state index contributed by atoms with van der Waals surface area (Å²) in [5.74, 6) is 6.00. The van der Waals surface area contributed by atoms with Gasteiger partial charge in [-0.1, -0.05) is 0 Å². The summed E-state index contributed by atoms with van der Waals surface area (Å²) in [6.45, 7) is 0. The van der Waals surface area contributed by atoms with Gasteiger partial charge < -0.3 is 5.43 Å². The highest BCUT2D eigenvalue weighted by molar-refractivity contribution is 9.10. The van der Waals surface area contributed by atoms with Crippen molar-refractivity contribution in [2.45, 2.75) is 18.9 Å². The first kappa shape index (κ1) is 9.54. The number of hydrogen-bond donors (Lipinski definition) is 2. The molecule has 0 atom stereocenters. The standard InChI is InChI=1S/C8H10BrN5/c9-6-3-11-4-12-7(6)8(14-10)13-5-1-2-5/h3-5H,1-2,10H2,(H,13,14). The van der Waals surface area contributed by atoms with Crippen molar-refractivity contribution in [2.24, 2.45) is 10.8 Å². The lowest BCUT2D eigenvalue weighted by Gasteiger charge is -2.05. The largest absolute Gasteiger partial charge is 0.307 e. The third-order valence-corrected chi connectivity index (χ3v) is 2.47. The van der Waals surface area contributed by atoms with E-state index in [1.54, 1.807) is 6.20 Å². The Labute approximate surface area is 89.9 Å². The van der Waals surface area contributed by atoms with Gasteiger partial charge in [-0.25, -0.2) is 15.8 Å². The molecule has 0 amide bonds. The molecule has 0 unspecified atom stereocenters. The van der Waals surface area contributed by atoms with E-state index in [4.69, 9.17) is 5.84 Å². The summed E-state index contributed by atoms with van der Waals surface area (Å²) in [6, 6.07) is 0.405. The van der Waals surface area contributed by atoms with Crippen LogP contribution in [0.5, 0.6) is 0 Å². The molecule has 0 saturated heterocycles. The summed E-state index contributed by atoms with van der Waals surface area (Å²) >= 11 is 3.35. The van der Waals surface area contributed by atoms with Gasteiger partial charge in [0.15, 0.2) is 5.84 Å². The number of hydrogen-bond acceptors (Lipinski definition) is 4. The summed E-state index contributed by atoms with van der Waals surface area (Å²) in [6.07, 6.45) is 5.41. The maximum absolute atomic E-state index is 5.39. The van der Waals surface area contributed by atoms with Crippen molar-refractivity contribution in [1.82, 2.24) is 15.4 Å². The van der Waals surface area contributed by atoms with E-state index in [2.05, 4.69) is 36.3 Å². The third kappa shape index (κ3) is 2.08.